The number of carbonyl (C=O) groups is 2. The average Bonchev–Trinajstić information content (AvgIpc) is 3.06. The van der Waals surface area contributed by atoms with Gasteiger partial charge in [-0.25, -0.2) is 18.1 Å². The molecule has 1 saturated heterocycles. The zero-order valence-electron chi connectivity index (χ0n) is 23.1. The standard InChI is InChI=1S/C27H27F6N5O4S/c1-25(2)23(39)38(19-8-6-17(16-34)20(15-19)26(28,29)30)24(40)37(25)13-5-4-10-35-11-12-36-18-7-9-22(43(3,41)42)21(14-18)27(31,32)33/h4-9,14-15,35-36H,10-13H2,1-3H3. The van der Waals surface area contributed by atoms with Gasteiger partial charge in [-0.05, 0) is 50.2 Å². The Morgan fingerprint density at radius 1 is 0.953 bits per heavy atom. The van der Waals surface area contributed by atoms with Crippen LogP contribution in [-0.4, -0.2) is 63.2 Å². The lowest BCUT2D eigenvalue weighted by Crippen LogP contribution is -2.44. The van der Waals surface area contributed by atoms with E-state index in [1.54, 1.807) is 12.2 Å². The van der Waals surface area contributed by atoms with Crippen LogP contribution in [0, 0.1) is 11.3 Å². The summed E-state index contributed by atoms with van der Waals surface area (Å²) < 4.78 is 104. The number of nitriles is 1. The predicted octanol–water partition coefficient (Wildman–Crippen LogP) is 4.80. The van der Waals surface area contributed by atoms with Crippen LogP contribution in [-0.2, 0) is 27.0 Å². The van der Waals surface area contributed by atoms with Crippen molar-refractivity contribution in [1.29, 1.82) is 5.26 Å². The molecule has 0 aromatic heterocycles. The smallest absolute Gasteiger partial charge is 0.384 e. The number of rotatable bonds is 10. The number of nitrogens with zero attached hydrogens (tertiary/aromatic N) is 3. The number of anilines is 2. The maximum Gasteiger partial charge on any atom is 0.417 e. The van der Waals surface area contributed by atoms with Crippen molar-refractivity contribution in [1.82, 2.24) is 10.2 Å². The van der Waals surface area contributed by atoms with Gasteiger partial charge >= 0.3 is 18.4 Å². The Balaban J connectivity index is 1.57. The molecular weight excluding hydrogens is 604 g/mol. The number of urea groups is 1. The van der Waals surface area contributed by atoms with E-state index in [0.29, 0.717) is 23.8 Å². The van der Waals surface area contributed by atoms with Crippen molar-refractivity contribution in [2.75, 3.05) is 42.7 Å². The second-order valence-electron chi connectivity index (χ2n) is 10.0. The Labute approximate surface area is 243 Å². The third-order valence-electron chi connectivity index (χ3n) is 6.54. The summed E-state index contributed by atoms with van der Waals surface area (Å²) in [5.74, 6) is -0.744. The van der Waals surface area contributed by atoms with Crippen molar-refractivity contribution < 1.29 is 44.3 Å². The minimum absolute atomic E-state index is 0.0523. The van der Waals surface area contributed by atoms with E-state index in [-0.39, 0.29) is 31.0 Å². The van der Waals surface area contributed by atoms with E-state index < -0.39 is 61.3 Å². The minimum Gasteiger partial charge on any atom is -0.384 e. The third kappa shape index (κ3) is 7.46. The number of imide groups is 1. The molecule has 3 amide bonds. The molecule has 0 aliphatic carbocycles. The first-order valence-electron chi connectivity index (χ1n) is 12.6. The predicted molar refractivity (Wildman–Crippen MR) is 145 cm³/mol. The van der Waals surface area contributed by atoms with E-state index in [1.807, 2.05) is 0 Å². The first kappa shape index (κ1) is 33.4. The molecule has 1 fully saturated rings. The number of sulfone groups is 1. The normalized spacial score (nSPS) is 15.8. The maximum absolute atomic E-state index is 13.4. The largest absolute Gasteiger partial charge is 0.417 e. The Morgan fingerprint density at radius 2 is 1.60 bits per heavy atom. The van der Waals surface area contributed by atoms with Gasteiger partial charge in [0.25, 0.3) is 5.91 Å². The summed E-state index contributed by atoms with van der Waals surface area (Å²) in [7, 11) is -4.08. The second kappa shape index (κ2) is 12.3. The quantitative estimate of drug-likeness (QED) is 0.167. The van der Waals surface area contributed by atoms with Gasteiger partial charge < -0.3 is 15.5 Å². The summed E-state index contributed by atoms with van der Waals surface area (Å²) in [6.45, 7) is 3.60. The van der Waals surface area contributed by atoms with Gasteiger partial charge in [-0.3, -0.25) is 4.79 Å². The zero-order valence-corrected chi connectivity index (χ0v) is 23.9. The molecular formula is C27H27F6N5O4S. The molecule has 2 aromatic carbocycles. The molecule has 1 heterocycles. The van der Waals surface area contributed by atoms with Crippen LogP contribution in [0.5, 0.6) is 0 Å². The summed E-state index contributed by atoms with van der Waals surface area (Å²) in [4.78, 5) is 27.1. The molecule has 0 radical (unpaired) electrons. The summed E-state index contributed by atoms with van der Waals surface area (Å²) in [5.41, 5.74) is -4.81. The van der Waals surface area contributed by atoms with Crippen LogP contribution in [0.1, 0.15) is 30.5 Å². The second-order valence-corrected chi connectivity index (χ2v) is 12.0. The summed E-state index contributed by atoms with van der Waals surface area (Å²) in [6, 6.07) is 6.03. The van der Waals surface area contributed by atoms with Gasteiger partial charge in [0, 0.05) is 38.1 Å². The molecule has 0 unspecified atom stereocenters. The zero-order chi connectivity index (χ0) is 32.4. The van der Waals surface area contributed by atoms with E-state index in [0.717, 1.165) is 24.3 Å². The van der Waals surface area contributed by atoms with Crippen LogP contribution in [0.2, 0.25) is 0 Å². The van der Waals surface area contributed by atoms with E-state index in [4.69, 9.17) is 5.26 Å². The lowest BCUT2D eigenvalue weighted by molar-refractivity contribution is -0.140. The van der Waals surface area contributed by atoms with Gasteiger partial charge in [-0.15, -0.1) is 0 Å². The Kier molecular flexibility index (Phi) is 9.52. The SMILES string of the molecule is CC1(C)C(=O)N(c2ccc(C#N)c(C(F)(F)F)c2)C(=O)N1CC=CCNCCNc1ccc(S(C)(=O)=O)c(C(F)(F)F)c1. The fraction of sp³-hybridized carbons (Fsp3) is 0.370. The van der Waals surface area contributed by atoms with Crippen LogP contribution in [0.25, 0.3) is 0 Å². The van der Waals surface area contributed by atoms with Gasteiger partial charge in [0.15, 0.2) is 9.84 Å². The molecule has 0 bridgehead atoms. The summed E-state index contributed by atoms with van der Waals surface area (Å²) in [5, 5.41) is 14.8. The first-order valence-corrected chi connectivity index (χ1v) is 14.5. The van der Waals surface area contributed by atoms with Crippen LogP contribution >= 0.6 is 0 Å². The fourth-order valence-electron chi connectivity index (χ4n) is 4.30. The molecule has 43 heavy (non-hydrogen) atoms. The summed E-state index contributed by atoms with van der Waals surface area (Å²) in [6.07, 6.45) is -5.85. The van der Waals surface area contributed by atoms with Gasteiger partial charge in [-0.1, -0.05) is 12.2 Å². The Hall–Kier alpha value is -4.10. The maximum atomic E-state index is 13.4. The van der Waals surface area contributed by atoms with Crippen molar-refractivity contribution in [3.63, 3.8) is 0 Å². The highest BCUT2D eigenvalue weighted by Gasteiger charge is 2.51. The van der Waals surface area contributed by atoms with Crippen LogP contribution in [0.3, 0.4) is 0 Å². The molecule has 1 aliphatic rings. The molecule has 2 N–H and O–H groups in total. The number of hydrogen-bond donors (Lipinski definition) is 2. The highest BCUT2D eigenvalue weighted by molar-refractivity contribution is 7.90. The molecule has 0 spiro atoms. The lowest BCUT2D eigenvalue weighted by atomic mass is 10.0. The number of nitrogens with one attached hydrogen (secondary N) is 2. The number of amides is 3. The third-order valence-corrected chi connectivity index (χ3v) is 7.70. The van der Waals surface area contributed by atoms with Crippen LogP contribution in [0.4, 0.5) is 42.5 Å². The van der Waals surface area contributed by atoms with Crippen molar-refractivity contribution in [2.45, 2.75) is 36.6 Å². The number of halogens is 6. The first-order chi connectivity index (χ1) is 19.8. The Bertz CT molecular complexity index is 1580. The molecule has 0 atom stereocenters. The summed E-state index contributed by atoms with van der Waals surface area (Å²) >= 11 is 0. The highest BCUT2D eigenvalue weighted by Crippen LogP contribution is 2.38. The van der Waals surface area contributed by atoms with E-state index in [1.165, 1.54) is 30.9 Å². The molecule has 3 rings (SSSR count). The van der Waals surface area contributed by atoms with Gasteiger partial charge in [0.05, 0.1) is 33.3 Å². The van der Waals surface area contributed by atoms with Crippen molar-refractivity contribution in [3.8, 4) is 6.07 Å². The molecule has 1 aliphatic heterocycles. The molecule has 2 aromatic rings. The van der Waals surface area contributed by atoms with Gasteiger partial charge in [-0.2, -0.15) is 31.6 Å². The van der Waals surface area contributed by atoms with Crippen molar-refractivity contribution in [3.05, 3.63) is 65.2 Å². The topological polar surface area (TPSA) is 123 Å². The fourth-order valence-corrected chi connectivity index (χ4v) is 5.19. The monoisotopic (exact) mass is 631 g/mol. The average molecular weight is 632 g/mol. The number of hydrogen-bond acceptors (Lipinski definition) is 7. The highest BCUT2D eigenvalue weighted by atomic mass is 32.2. The van der Waals surface area contributed by atoms with Crippen molar-refractivity contribution in [2.24, 2.45) is 0 Å². The molecule has 0 saturated carbocycles. The van der Waals surface area contributed by atoms with E-state index >= 15 is 0 Å². The van der Waals surface area contributed by atoms with E-state index in [2.05, 4.69) is 10.6 Å². The van der Waals surface area contributed by atoms with Crippen molar-refractivity contribution >= 4 is 33.2 Å². The number of alkyl halides is 6. The Morgan fingerprint density at radius 3 is 2.19 bits per heavy atom. The molecule has 16 heteroatoms. The van der Waals surface area contributed by atoms with E-state index in [9.17, 15) is 44.3 Å². The lowest BCUT2D eigenvalue weighted by Gasteiger charge is -2.26. The van der Waals surface area contributed by atoms with Gasteiger partial charge in [0.2, 0.25) is 0 Å². The minimum atomic E-state index is -4.87. The molecule has 232 valence electrons. The number of benzene rings is 2. The van der Waals surface area contributed by atoms with Crippen LogP contribution < -0.4 is 15.5 Å². The number of carbonyl (C=O) groups excluding carboxylic acids is 2. The molecule has 9 nitrogen and oxygen atoms in total. The van der Waals surface area contributed by atoms with Crippen LogP contribution in [0.15, 0.2) is 53.4 Å². The van der Waals surface area contributed by atoms with Gasteiger partial charge in [0.1, 0.15) is 5.54 Å².